The Balaban J connectivity index is 2.06. The third-order valence-electron chi connectivity index (χ3n) is 6.62. The van der Waals surface area contributed by atoms with Crippen LogP contribution in [0.15, 0.2) is 36.4 Å². The SMILES string of the molecule is CCOc1cc(N)c(Cl)cc1C(=O)N(CC1CN(Cc2ccc(F)cc2)CCO1)C(C(=O)O)C(O)(CC(=O)O)C(=O)O. The number of morpholine rings is 1. The lowest BCUT2D eigenvalue weighted by Gasteiger charge is -2.41. The number of carboxylic acids is 3. The summed E-state index contributed by atoms with van der Waals surface area (Å²) >= 11 is 6.14. The number of nitrogens with two attached hydrogens (primary N) is 1. The Morgan fingerprint density at radius 3 is 2.45 bits per heavy atom. The van der Waals surface area contributed by atoms with E-state index < -0.39 is 60.3 Å². The molecule has 3 atom stereocenters. The molecular formula is C27H31ClFN3O10. The van der Waals surface area contributed by atoms with Gasteiger partial charge in [-0.25, -0.2) is 14.0 Å². The van der Waals surface area contributed by atoms with Crippen LogP contribution in [0.3, 0.4) is 0 Å². The largest absolute Gasteiger partial charge is 0.493 e. The second kappa shape index (κ2) is 13.8. The Bertz CT molecular complexity index is 1330. The molecule has 0 spiro atoms. The number of anilines is 1. The highest BCUT2D eigenvalue weighted by Gasteiger charge is 2.55. The molecular weight excluding hydrogens is 581 g/mol. The normalized spacial score (nSPS) is 17.6. The number of halogens is 2. The summed E-state index contributed by atoms with van der Waals surface area (Å²) in [6.45, 7) is 2.16. The number of carbonyl (C=O) groups is 4. The highest BCUT2D eigenvalue weighted by atomic mass is 35.5. The maximum Gasteiger partial charge on any atom is 0.339 e. The van der Waals surface area contributed by atoms with Gasteiger partial charge in [0.1, 0.15) is 11.6 Å². The van der Waals surface area contributed by atoms with E-state index in [1.165, 1.54) is 18.2 Å². The third-order valence-corrected chi connectivity index (χ3v) is 6.95. The first kappa shape index (κ1) is 32.5. The number of nitrogen functional groups attached to an aromatic ring is 1. The lowest BCUT2D eigenvalue weighted by Crippen LogP contribution is -2.65. The first-order chi connectivity index (χ1) is 19.8. The van der Waals surface area contributed by atoms with Gasteiger partial charge in [0.25, 0.3) is 5.91 Å². The van der Waals surface area contributed by atoms with Crippen molar-refractivity contribution in [3.63, 3.8) is 0 Å². The predicted octanol–water partition coefficient (Wildman–Crippen LogP) is 1.55. The number of aliphatic carboxylic acids is 3. The summed E-state index contributed by atoms with van der Waals surface area (Å²) in [6, 6.07) is 5.54. The van der Waals surface area contributed by atoms with Gasteiger partial charge >= 0.3 is 17.9 Å². The highest BCUT2D eigenvalue weighted by Crippen LogP contribution is 2.33. The molecule has 2 aromatic carbocycles. The van der Waals surface area contributed by atoms with Crippen LogP contribution < -0.4 is 10.5 Å². The Morgan fingerprint density at radius 2 is 1.88 bits per heavy atom. The molecule has 1 fully saturated rings. The van der Waals surface area contributed by atoms with Crippen LogP contribution in [0.2, 0.25) is 5.02 Å². The standard InChI is InChI=1S/C27H31ClFN3O10/c1-2-41-21-10-20(30)19(28)9-18(21)24(35)32(23(25(36)37)27(40,26(38)39)11-22(33)34)14-17-13-31(7-8-42-17)12-15-3-5-16(29)6-4-15/h3-6,9-10,17,23,40H,2,7-8,11-14,30H2,1H3,(H,33,34)(H,36,37)(H,38,39). The number of benzene rings is 2. The fourth-order valence-electron chi connectivity index (χ4n) is 4.69. The van der Waals surface area contributed by atoms with Crippen LogP contribution in [0.5, 0.6) is 5.75 Å². The quantitative estimate of drug-likeness (QED) is 0.205. The first-order valence-corrected chi connectivity index (χ1v) is 13.2. The van der Waals surface area contributed by atoms with E-state index in [0.29, 0.717) is 18.0 Å². The second-order valence-corrected chi connectivity index (χ2v) is 10.1. The van der Waals surface area contributed by atoms with Crippen molar-refractivity contribution >= 4 is 41.1 Å². The van der Waals surface area contributed by atoms with Crippen LogP contribution >= 0.6 is 11.6 Å². The van der Waals surface area contributed by atoms with Crippen molar-refractivity contribution < 1.29 is 53.5 Å². The summed E-state index contributed by atoms with van der Waals surface area (Å²) in [5, 5.41) is 40.2. The molecule has 228 valence electrons. The van der Waals surface area contributed by atoms with Gasteiger partial charge in [-0.05, 0) is 30.7 Å². The molecule has 6 N–H and O–H groups in total. The van der Waals surface area contributed by atoms with Crippen LogP contribution in [0.4, 0.5) is 10.1 Å². The second-order valence-electron chi connectivity index (χ2n) is 9.66. The molecule has 1 aliphatic rings. The minimum absolute atomic E-state index is 0.0398. The maximum atomic E-state index is 14.0. The number of aliphatic hydroxyl groups is 1. The van der Waals surface area contributed by atoms with E-state index >= 15 is 0 Å². The third kappa shape index (κ3) is 7.64. The van der Waals surface area contributed by atoms with Crippen molar-refractivity contribution in [1.29, 1.82) is 0 Å². The van der Waals surface area contributed by atoms with Gasteiger partial charge in [-0.2, -0.15) is 0 Å². The Labute approximate surface area is 244 Å². The Hall–Kier alpha value is -3.98. The number of amides is 1. The highest BCUT2D eigenvalue weighted by molar-refractivity contribution is 6.33. The number of carboxylic acid groups (broad SMARTS) is 3. The van der Waals surface area contributed by atoms with Crippen LogP contribution in [-0.4, -0.2) is 105 Å². The van der Waals surface area contributed by atoms with Crippen LogP contribution in [0.1, 0.15) is 29.3 Å². The molecule has 13 nitrogen and oxygen atoms in total. The zero-order valence-electron chi connectivity index (χ0n) is 22.5. The average Bonchev–Trinajstić information content (AvgIpc) is 2.91. The molecule has 0 aliphatic carbocycles. The zero-order valence-corrected chi connectivity index (χ0v) is 23.3. The zero-order chi connectivity index (χ0) is 31.2. The number of hydrogen-bond donors (Lipinski definition) is 5. The van der Waals surface area contributed by atoms with Gasteiger partial charge in [0.05, 0.1) is 42.0 Å². The molecule has 1 amide bonds. The molecule has 3 rings (SSSR count). The van der Waals surface area contributed by atoms with Gasteiger partial charge < -0.3 is 40.5 Å². The molecule has 0 aromatic heterocycles. The summed E-state index contributed by atoms with van der Waals surface area (Å²) in [4.78, 5) is 52.7. The van der Waals surface area contributed by atoms with Crippen molar-refractivity contribution in [2.24, 2.45) is 0 Å². The smallest absolute Gasteiger partial charge is 0.339 e. The number of rotatable bonds is 13. The monoisotopic (exact) mass is 611 g/mol. The maximum absolute atomic E-state index is 14.0. The average molecular weight is 612 g/mol. The molecule has 3 unspecified atom stereocenters. The van der Waals surface area contributed by atoms with Gasteiger partial charge in [0.15, 0.2) is 6.04 Å². The van der Waals surface area contributed by atoms with Gasteiger partial charge in [-0.15, -0.1) is 0 Å². The van der Waals surface area contributed by atoms with Gasteiger partial charge in [0.2, 0.25) is 5.60 Å². The van der Waals surface area contributed by atoms with Crippen molar-refractivity contribution in [1.82, 2.24) is 9.80 Å². The number of nitrogens with zero attached hydrogens (tertiary/aromatic N) is 2. The van der Waals surface area contributed by atoms with E-state index in [9.17, 15) is 44.0 Å². The molecule has 1 saturated heterocycles. The number of hydrogen-bond acceptors (Lipinski definition) is 9. The Morgan fingerprint density at radius 1 is 1.21 bits per heavy atom. The molecule has 15 heteroatoms. The van der Waals surface area contributed by atoms with Crippen LogP contribution in [-0.2, 0) is 25.7 Å². The topological polar surface area (TPSA) is 200 Å². The number of ether oxygens (including phenoxy) is 2. The van der Waals surface area contributed by atoms with Crippen molar-refractivity contribution in [3.8, 4) is 5.75 Å². The van der Waals surface area contributed by atoms with Gasteiger partial charge in [0, 0.05) is 32.2 Å². The summed E-state index contributed by atoms with van der Waals surface area (Å²) in [6.07, 6.45) is -2.45. The van der Waals surface area contributed by atoms with Crippen molar-refractivity contribution in [3.05, 3.63) is 58.4 Å². The summed E-state index contributed by atoms with van der Waals surface area (Å²) in [5.74, 6) is -7.60. The van der Waals surface area contributed by atoms with Crippen molar-refractivity contribution in [2.45, 2.75) is 37.6 Å². The van der Waals surface area contributed by atoms with Crippen LogP contribution in [0, 0.1) is 5.82 Å². The van der Waals surface area contributed by atoms with Gasteiger partial charge in [-0.3, -0.25) is 14.5 Å². The van der Waals surface area contributed by atoms with E-state index in [2.05, 4.69) is 0 Å². The molecule has 0 radical (unpaired) electrons. The Kier molecular flexibility index (Phi) is 10.7. The van der Waals surface area contributed by atoms with E-state index in [0.717, 1.165) is 11.6 Å². The van der Waals surface area contributed by atoms with Crippen LogP contribution in [0.25, 0.3) is 0 Å². The summed E-state index contributed by atoms with van der Waals surface area (Å²) in [7, 11) is 0. The lowest BCUT2D eigenvalue weighted by molar-refractivity contribution is -0.180. The molecule has 42 heavy (non-hydrogen) atoms. The number of carbonyl (C=O) groups excluding carboxylic acids is 1. The lowest BCUT2D eigenvalue weighted by atomic mass is 9.88. The van der Waals surface area contributed by atoms with Crippen molar-refractivity contribution in [2.75, 3.05) is 38.6 Å². The van der Waals surface area contributed by atoms with E-state index in [4.69, 9.17) is 26.8 Å². The molecule has 1 heterocycles. The summed E-state index contributed by atoms with van der Waals surface area (Å²) < 4.78 is 24.6. The summed E-state index contributed by atoms with van der Waals surface area (Å²) in [5.41, 5.74) is 2.91. The molecule has 0 saturated carbocycles. The van der Waals surface area contributed by atoms with Gasteiger partial charge in [-0.1, -0.05) is 23.7 Å². The van der Waals surface area contributed by atoms with E-state index in [-0.39, 0.29) is 41.8 Å². The molecule has 0 bridgehead atoms. The fourth-order valence-corrected chi connectivity index (χ4v) is 4.85. The predicted molar refractivity (Wildman–Crippen MR) is 146 cm³/mol. The molecule has 1 aliphatic heterocycles. The van der Waals surface area contributed by atoms with E-state index in [1.807, 2.05) is 4.90 Å². The minimum Gasteiger partial charge on any atom is -0.493 e. The fraction of sp³-hybridized carbons (Fsp3) is 0.407. The minimum atomic E-state index is -3.45. The first-order valence-electron chi connectivity index (χ1n) is 12.8. The van der Waals surface area contributed by atoms with E-state index in [1.54, 1.807) is 19.1 Å². The molecule has 2 aromatic rings.